The fourth-order valence-corrected chi connectivity index (χ4v) is 1.76. The maximum absolute atomic E-state index is 10.7. The van der Waals surface area contributed by atoms with E-state index in [4.69, 9.17) is 9.47 Å². The van der Waals surface area contributed by atoms with Gasteiger partial charge in [0.25, 0.3) is 0 Å². The molecule has 0 N–H and O–H groups in total. The summed E-state index contributed by atoms with van der Waals surface area (Å²) in [6, 6.07) is 19.4. The first-order valence-corrected chi connectivity index (χ1v) is 7.82. The highest BCUT2D eigenvalue weighted by atomic mass is 16.5. The van der Waals surface area contributed by atoms with Gasteiger partial charge >= 0.3 is 11.9 Å². The van der Waals surface area contributed by atoms with E-state index in [1.165, 1.54) is 11.6 Å². The molecule has 2 aromatic rings. The summed E-state index contributed by atoms with van der Waals surface area (Å²) in [6.07, 6.45) is 3.08. The van der Waals surface area contributed by atoms with Crippen molar-refractivity contribution in [2.45, 2.75) is 13.0 Å². The van der Waals surface area contributed by atoms with Crippen LogP contribution in [0, 0.1) is 0 Å². The predicted molar refractivity (Wildman–Crippen MR) is 97.7 cm³/mol. The Balaban J connectivity index is 0.000000251. The number of carbonyl (C=O) groups excluding carboxylic acids is 2. The van der Waals surface area contributed by atoms with Gasteiger partial charge < -0.3 is 9.47 Å². The molecule has 0 radical (unpaired) electrons. The van der Waals surface area contributed by atoms with Crippen molar-refractivity contribution in [3.05, 3.63) is 97.1 Å². The molecule has 4 nitrogen and oxygen atoms in total. The third-order valence-electron chi connectivity index (χ3n) is 3.04. The lowest BCUT2D eigenvalue weighted by Gasteiger charge is -2.01. The van der Waals surface area contributed by atoms with E-state index in [0.29, 0.717) is 13.2 Å². The van der Waals surface area contributed by atoms with Crippen LogP contribution in [0.1, 0.15) is 11.1 Å². The van der Waals surface area contributed by atoms with E-state index in [0.717, 1.165) is 18.1 Å². The van der Waals surface area contributed by atoms with Crippen LogP contribution in [-0.4, -0.2) is 18.5 Å². The van der Waals surface area contributed by atoms with Crippen molar-refractivity contribution in [1.82, 2.24) is 0 Å². The molecule has 0 saturated heterocycles. The van der Waals surface area contributed by atoms with Gasteiger partial charge in [-0.25, -0.2) is 9.59 Å². The van der Waals surface area contributed by atoms with E-state index in [1.54, 1.807) is 0 Å². The molecule has 0 heterocycles. The summed E-state index contributed by atoms with van der Waals surface area (Å²) in [6.45, 7) is 7.33. The molecule has 0 aliphatic carbocycles. The zero-order chi connectivity index (χ0) is 18.3. The molecule has 4 heteroatoms. The number of rotatable bonds is 7. The summed E-state index contributed by atoms with van der Waals surface area (Å²) in [5, 5.41) is 0. The number of hydrogen-bond acceptors (Lipinski definition) is 4. The standard InChI is InChI=1S/C11H12O2.C10H10O2/c1-2-11(12)13-9-8-10-6-4-3-5-7-10;1-2-10(11)12-8-9-6-4-3-5-7-9/h2-7H,1,8-9H2;2-7H,1,8H2. The van der Waals surface area contributed by atoms with E-state index in [1.807, 2.05) is 60.7 Å². The SMILES string of the molecule is C=CC(=O)OCCc1ccccc1.C=CC(=O)OCc1ccccc1. The first-order valence-electron chi connectivity index (χ1n) is 7.82. The van der Waals surface area contributed by atoms with E-state index in [9.17, 15) is 9.59 Å². The fraction of sp³-hybridized carbons (Fsp3) is 0.143. The average Bonchev–Trinajstić information content (AvgIpc) is 2.68. The van der Waals surface area contributed by atoms with Gasteiger partial charge in [0.1, 0.15) is 6.61 Å². The van der Waals surface area contributed by atoms with Gasteiger partial charge in [-0.3, -0.25) is 0 Å². The van der Waals surface area contributed by atoms with Gasteiger partial charge in [-0.05, 0) is 11.1 Å². The molecule has 0 bridgehead atoms. The van der Waals surface area contributed by atoms with Crippen LogP contribution in [0.25, 0.3) is 0 Å². The van der Waals surface area contributed by atoms with Gasteiger partial charge in [0, 0.05) is 18.6 Å². The second-order valence-electron chi connectivity index (χ2n) is 4.90. The molecule has 0 spiro atoms. The van der Waals surface area contributed by atoms with Crippen molar-refractivity contribution >= 4 is 11.9 Å². The number of esters is 2. The van der Waals surface area contributed by atoms with E-state index < -0.39 is 0 Å². The quantitative estimate of drug-likeness (QED) is 0.568. The topological polar surface area (TPSA) is 52.6 Å². The minimum absolute atomic E-state index is 0.311. The Morgan fingerprint density at radius 1 is 0.760 bits per heavy atom. The number of benzene rings is 2. The monoisotopic (exact) mass is 338 g/mol. The summed E-state index contributed by atoms with van der Waals surface area (Å²) in [4.78, 5) is 21.3. The van der Waals surface area contributed by atoms with Crippen molar-refractivity contribution in [1.29, 1.82) is 0 Å². The van der Waals surface area contributed by atoms with Gasteiger partial charge in [-0.2, -0.15) is 0 Å². The third kappa shape index (κ3) is 9.56. The Labute approximate surface area is 148 Å². The zero-order valence-electron chi connectivity index (χ0n) is 14.1. The van der Waals surface area contributed by atoms with Crippen LogP contribution in [0.3, 0.4) is 0 Å². The maximum atomic E-state index is 10.7. The van der Waals surface area contributed by atoms with Crippen LogP contribution in [0.4, 0.5) is 0 Å². The van der Waals surface area contributed by atoms with Crippen LogP contribution in [-0.2, 0) is 32.1 Å². The van der Waals surface area contributed by atoms with Crippen molar-refractivity contribution in [3.63, 3.8) is 0 Å². The molecule has 2 rings (SSSR count). The van der Waals surface area contributed by atoms with Crippen LogP contribution >= 0.6 is 0 Å². The zero-order valence-corrected chi connectivity index (χ0v) is 14.1. The Hall–Kier alpha value is -3.14. The molecule has 0 aromatic heterocycles. The van der Waals surface area contributed by atoms with Crippen LogP contribution in [0.2, 0.25) is 0 Å². The molecule has 0 atom stereocenters. The molecule has 0 unspecified atom stereocenters. The van der Waals surface area contributed by atoms with Crippen molar-refractivity contribution < 1.29 is 19.1 Å². The molecular weight excluding hydrogens is 316 g/mol. The third-order valence-corrected chi connectivity index (χ3v) is 3.04. The molecular formula is C21H22O4. The van der Waals surface area contributed by atoms with Crippen LogP contribution in [0.15, 0.2) is 86.0 Å². The van der Waals surface area contributed by atoms with Crippen molar-refractivity contribution in [2.24, 2.45) is 0 Å². The lowest BCUT2D eigenvalue weighted by molar-refractivity contribution is -0.139. The molecule has 2 aromatic carbocycles. The van der Waals surface area contributed by atoms with Crippen molar-refractivity contribution in [2.75, 3.05) is 6.61 Å². The molecule has 25 heavy (non-hydrogen) atoms. The molecule has 0 aliphatic rings. The van der Waals surface area contributed by atoms with Gasteiger partial charge in [0.2, 0.25) is 0 Å². The summed E-state index contributed by atoms with van der Waals surface area (Å²) < 4.78 is 9.66. The fourth-order valence-electron chi connectivity index (χ4n) is 1.76. The minimum Gasteiger partial charge on any atom is -0.462 e. The van der Waals surface area contributed by atoms with Gasteiger partial charge in [-0.15, -0.1) is 0 Å². The largest absolute Gasteiger partial charge is 0.462 e. The van der Waals surface area contributed by atoms with Crippen LogP contribution < -0.4 is 0 Å². The highest BCUT2D eigenvalue weighted by Crippen LogP contribution is 2.00. The summed E-state index contributed by atoms with van der Waals surface area (Å²) in [5.41, 5.74) is 2.15. The van der Waals surface area contributed by atoms with Gasteiger partial charge in [-0.1, -0.05) is 73.8 Å². The van der Waals surface area contributed by atoms with Crippen molar-refractivity contribution in [3.8, 4) is 0 Å². The minimum atomic E-state index is -0.390. The maximum Gasteiger partial charge on any atom is 0.330 e. The molecule has 0 aliphatic heterocycles. The van der Waals surface area contributed by atoms with E-state index >= 15 is 0 Å². The normalized spacial score (nSPS) is 9.12. The first kappa shape index (κ1) is 19.9. The summed E-state index contributed by atoms with van der Waals surface area (Å²) in [7, 11) is 0. The Morgan fingerprint density at radius 2 is 1.24 bits per heavy atom. The first-order chi connectivity index (χ1) is 12.2. The highest BCUT2D eigenvalue weighted by molar-refractivity contribution is 5.81. The second kappa shape index (κ2) is 12.3. The summed E-state index contributed by atoms with van der Waals surface area (Å²) in [5.74, 6) is -0.755. The predicted octanol–water partition coefficient (Wildman–Crippen LogP) is 3.87. The smallest absolute Gasteiger partial charge is 0.330 e. The highest BCUT2D eigenvalue weighted by Gasteiger charge is 1.96. The molecule has 130 valence electrons. The van der Waals surface area contributed by atoms with Crippen LogP contribution in [0.5, 0.6) is 0 Å². The van der Waals surface area contributed by atoms with Gasteiger partial charge in [0.15, 0.2) is 0 Å². The lowest BCUT2D eigenvalue weighted by atomic mass is 10.2. The Kier molecular flexibility index (Phi) is 9.80. The van der Waals surface area contributed by atoms with E-state index in [-0.39, 0.29) is 11.9 Å². The summed E-state index contributed by atoms with van der Waals surface area (Å²) >= 11 is 0. The lowest BCUT2D eigenvalue weighted by Crippen LogP contribution is -2.04. The Morgan fingerprint density at radius 3 is 1.76 bits per heavy atom. The molecule has 0 fully saturated rings. The van der Waals surface area contributed by atoms with Gasteiger partial charge in [0.05, 0.1) is 6.61 Å². The van der Waals surface area contributed by atoms with E-state index in [2.05, 4.69) is 13.2 Å². The molecule has 0 amide bonds. The second-order valence-corrected chi connectivity index (χ2v) is 4.90. The molecule has 0 saturated carbocycles. The number of carbonyl (C=O) groups is 2. The number of hydrogen-bond donors (Lipinski definition) is 0. The average molecular weight is 338 g/mol. The Bertz CT molecular complexity index is 663. The number of ether oxygens (including phenoxy) is 2.